The van der Waals surface area contributed by atoms with E-state index >= 15 is 0 Å². The molecule has 4 aromatic rings. The number of nitrogens with one attached hydrogen (secondary N) is 1. The second kappa shape index (κ2) is 9.85. The second-order valence-electron chi connectivity index (χ2n) is 8.36. The number of furan rings is 1. The lowest BCUT2D eigenvalue weighted by atomic mass is 9.97. The standard InChI is InChI=1S/C25H24N4O5S/c30-25(22-9-5-15-33-22)29-14-4-8-20(17-29)24-27-23(28-34-24)19-10-12-21(13-11-19)35(31,32)26-16-18-6-2-1-3-7-18/h1-3,5-7,9-13,15,20,26H,4,8,14,16-17H2/t20-/m1/s1. The van der Waals surface area contributed by atoms with Crippen molar-refractivity contribution in [3.63, 3.8) is 0 Å². The summed E-state index contributed by atoms with van der Waals surface area (Å²) in [7, 11) is -3.66. The Morgan fingerprint density at radius 2 is 1.86 bits per heavy atom. The van der Waals surface area contributed by atoms with Crippen molar-refractivity contribution in [3.8, 4) is 11.4 Å². The van der Waals surface area contributed by atoms with Crippen molar-refractivity contribution >= 4 is 15.9 Å². The highest BCUT2D eigenvalue weighted by Gasteiger charge is 2.30. The highest BCUT2D eigenvalue weighted by atomic mass is 32.2. The van der Waals surface area contributed by atoms with Gasteiger partial charge in [-0.15, -0.1) is 0 Å². The van der Waals surface area contributed by atoms with E-state index in [9.17, 15) is 13.2 Å². The van der Waals surface area contributed by atoms with Crippen LogP contribution in [0.1, 0.15) is 40.8 Å². The zero-order chi connectivity index (χ0) is 24.3. The SMILES string of the molecule is O=C(c1ccco1)N1CCC[C@@H](c2nc(-c3ccc(S(=O)(=O)NCc4ccccc4)cc3)no2)C1. The normalized spacial score (nSPS) is 16.3. The Labute approximate surface area is 202 Å². The fourth-order valence-electron chi connectivity index (χ4n) is 4.08. The van der Waals surface area contributed by atoms with E-state index in [1.54, 1.807) is 29.2 Å². The van der Waals surface area contributed by atoms with Crippen LogP contribution in [0.3, 0.4) is 0 Å². The molecule has 9 nitrogen and oxygen atoms in total. The van der Waals surface area contributed by atoms with Crippen LogP contribution >= 0.6 is 0 Å². The summed E-state index contributed by atoms with van der Waals surface area (Å²) >= 11 is 0. The molecule has 1 amide bonds. The Morgan fingerprint density at radius 3 is 2.60 bits per heavy atom. The van der Waals surface area contributed by atoms with Crippen LogP contribution in [0.4, 0.5) is 0 Å². The second-order valence-corrected chi connectivity index (χ2v) is 10.1. The maximum absolute atomic E-state index is 12.6. The van der Waals surface area contributed by atoms with Crippen LogP contribution in [0.25, 0.3) is 11.4 Å². The fraction of sp³-hybridized carbons (Fsp3) is 0.240. The van der Waals surface area contributed by atoms with Gasteiger partial charge in [0.1, 0.15) is 0 Å². The molecule has 0 aliphatic carbocycles. The summed E-state index contributed by atoms with van der Waals surface area (Å²) in [6.45, 7) is 1.32. The molecule has 35 heavy (non-hydrogen) atoms. The predicted molar refractivity (Wildman–Crippen MR) is 127 cm³/mol. The molecule has 1 N–H and O–H groups in total. The third kappa shape index (κ3) is 5.18. The molecule has 0 unspecified atom stereocenters. The predicted octanol–water partition coefficient (Wildman–Crippen LogP) is 3.83. The summed E-state index contributed by atoms with van der Waals surface area (Å²) in [5.74, 6) is 0.905. The van der Waals surface area contributed by atoms with Crippen LogP contribution < -0.4 is 4.72 Å². The molecule has 0 saturated carbocycles. The number of carbonyl (C=O) groups is 1. The maximum atomic E-state index is 12.6. The van der Waals surface area contributed by atoms with E-state index < -0.39 is 10.0 Å². The van der Waals surface area contributed by atoms with Gasteiger partial charge in [-0.2, -0.15) is 4.98 Å². The lowest BCUT2D eigenvalue weighted by molar-refractivity contribution is 0.0663. The number of hydrogen-bond acceptors (Lipinski definition) is 7. The van der Waals surface area contributed by atoms with Crippen molar-refractivity contribution in [2.24, 2.45) is 0 Å². The van der Waals surface area contributed by atoms with Crippen molar-refractivity contribution in [2.75, 3.05) is 13.1 Å². The van der Waals surface area contributed by atoms with Gasteiger partial charge in [-0.05, 0) is 54.8 Å². The van der Waals surface area contributed by atoms with Gasteiger partial charge in [0.2, 0.25) is 21.7 Å². The van der Waals surface area contributed by atoms with Crippen LogP contribution in [0, 0.1) is 0 Å². The van der Waals surface area contributed by atoms with Gasteiger partial charge in [0.25, 0.3) is 5.91 Å². The largest absolute Gasteiger partial charge is 0.459 e. The van der Waals surface area contributed by atoms with Gasteiger partial charge >= 0.3 is 0 Å². The number of amides is 1. The van der Waals surface area contributed by atoms with Crippen molar-refractivity contribution in [1.29, 1.82) is 0 Å². The average molecular weight is 493 g/mol. The first-order chi connectivity index (χ1) is 17.0. The highest BCUT2D eigenvalue weighted by molar-refractivity contribution is 7.89. The lowest BCUT2D eigenvalue weighted by Gasteiger charge is -2.30. The summed E-state index contributed by atoms with van der Waals surface area (Å²) in [5.41, 5.74) is 1.51. The third-order valence-electron chi connectivity index (χ3n) is 5.96. The number of benzene rings is 2. The molecule has 2 aromatic carbocycles. The first-order valence-corrected chi connectivity index (χ1v) is 12.8. The minimum Gasteiger partial charge on any atom is -0.459 e. The topological polar surface area (TPSA) is 119 Å². The molecule has 3 heterocycles. The van der Waals surface area contributed by atoms with E-state index in [4.69, 9.17) is 8.94 Å². The van der Waals surface area contributed by atoms with Crippen molar-refractivity contribution in [3.05, 3.63) is 90.2 Å². The number of nitrogens with zero attached hydrogens (tertiary/aromatic N) is 3. The number of hydrogen-bond donors (Lipinski definition) is 1. The van der Waals surface area contributed by atoms with Gasteiger partial charge in [0, 0.05) is 25.2 Å². The molecule has 1 saturated heterocycles. The molecule has 1 aliphatic rings. The summed E-state index contributed by atoms with van der Waals surface area (Å²) in [4.78, 5) is 19.0. The fourth-order valence-corrected chi connectivity index (χ4v) is 5.10. The molecule has 0 radical (unpaired) electrons. The molecule has 2 aromatic heterocycles. The van der Waals surface area contributed by atoms with Gasteiger partial charge in [0.05, 0.1) is 17.1 Å². The molecule has 0 bridgehead atoms. The number of sulfonamides is 1. The summed E-state index contributed by atoms with van der Waals surface area (Å²) < 4.78 is 38.6. The molecule has 1 atom stereocenters. The van der Waals surface area contributed by atoms with Crippen LogP contribution in [-0.2, 0) is 16.6 Å². The Morgan fingerprint density at radius 1 is 1.06 bits per heavy atom. The van der Waals surface area contributed by atoms with Crippen LogP contribution in [0.2, 0.25) is 0 Å². The Bertz CT molecular complexity index is 1380. The maximum Gasteiger partial charge on any atom is 0.289 e. The van der Waals surface area contributed by atoms with E-state index in [-0.39, 0.29) is 23.3 Å². The van der Waals surface area contributed by atoms with E-state index in [1.165, 1.54) is 18.4 Å². The monoisotopic (exact) mass is 492 g/mol. The summed E-state index contributed by atoms with van der Waals surface area (Å²) in [6.07, 6.45) is 3.13. The number of piperidine rings is 1. The smallest absolute Gasteiger partial charge is 0.289 e. The zero-order valence-corrected chi connectivity index (χ0v) is 19.6. The van der Waals surface area contributed by atoms with Crippen LogP contribution in [-0.4, -0.2) is 42.5 Å². The van der Waals surface area contributed by atoms with Gasteiger partial charge in [-0.3, -0.25) is 4.79 Å². The van der Waals surface area contributed by atoms with Crippen molar-refractivity contribution < 1.29 is 22.2 Å². The third-order valence-corrected chi connectivity index (χ3v) is 7.38. The molecule has 1 aliphatic heterocycles. The van der Waals surface area contributed by atoms with E-state index in [0.29, 0.717) is 36.1 Å². The Kier molecular flexibility index (Phi) is 6.47. The Balaban J connectivity index is 1.25. The van der Waals surface area contributed by atoms with E-state index in [0.717, 1.165) is 18.4 Å². The molecule has 180 valence electrons. The number of carbonyl (C=O) groups excluding carboxylic acids is 1. The van der Waals surface area contributed by atoms with Gasteiger partial charge in [0.15, 0.2) is 5.76 Å². The van der Waals surface area contributed by atoms with Crippen LogP contribution in [0.5, 0.6) is 0 Å². The summed E-state index contributed by atoms with van der Waals surface area (Å²) in [6, 6.07) is 19.0. The van der Waals surface area contributed by atoms with Gasteiger partial charge in [-0.1, -0.05) is 35.5 Å². The lowest BCUT2D eigenvalue weighted by Crippen LogP contribution is -2.39. The minimum atomic E-state index is -3.66. The average Bonchev–Trinajstić information content (AvgIpc) is 3.61. The molecule has 5 rings (SSSR count). The van der Waals surface area contributed by atoms with Crippen molar-refractivity contribution in [1.82, 2.24) is 19.8 Å². The van der Waals surface area contributed by atoms with E-state index in [2.05, 4.69) is 14.9 Å². The molecule has 10 heteroatoms. The number of rotatable bonds is 7. The van der Waals surface area contributed by atoms with Crippen molar-refractivity contribution in [2.45, 2.75) is 30.2 Å². The molecule has 0 spiro atoms. The van der Waals surface area contributed by atoms with Gasteiger partial charge in [-0.25, -0.2) is 13.1 Å². The number of likely N-dealkylation sites (tertiary alicyclic amines) is 1. The molecular formula is C25H24N4O5S. The number of aromatic nitrogens is 2. The molecular weight excluding hydrogens is 468 g/mol. The quantitative estimate of drug-likeness (QED) is 0.416. The zero-order valence-electron chi connectivity index (χ0n) is 18.8. The minimum absolute atomic E-state index is 0.0780. The summed E-state index contributed by atoms with van der Waals surface area (Å²) in [5, 5.41) is 4.08. The van der Waals surface area contributed by atoms with E-state index in [1.807, 2.05) is 30.3 Å². The first kappa shape index (κ1) is 23.0. The molecule has 1 fully saturated rings. The highest BCUT2D eigenvalue weighted by Crippen LogP contribution is 2.28. The Hall–Kier alpha value is -3.76. The first-order valence-electron chi connectivity index (χ1n) is 11.3. The van der Waals surface area contributed by atoms with Gasteiger partial charge < -0.3 is 13.8 Å². The van der Waals surface area contributed by atoms with Crippen LogP contribution in [0.15, 0.2) is 86.8 Å².